The molecule has 160 valence electrons. The summed E-state index contributed by atoms with van der Waals surface area (Å²) in [5.41, 5.74) is 1.76. The van der Waals surface area contributed by atoms with E-state index in [-0.39, 0.29) is 9.79 Å². The topological polar surface area (TPSA) is 98.6 Å². The summed E-state index contributed by atoms with van der Waals surface area (Å²) < 4.78 is 35.4. The van der Waals surface area contributed by atoms with Crippen LogP contribution in [0.5, 0.6) is 5.75 Å². The minimum Gasteiger partial charge on any atom is -0.493 e. The Morgan fingerprint density at radius 2 is 1.52 bits per heavy atom. The Labute approximate surface area is 181 Å². The fourth-order valence-corrected chi connectivity index (χ4v) is 4.87. The highest BCUT2D eigenvalue weighted by Gasteiger charge is 2.27. The van der Waals surface area contributed by atoms with E-state index in [2.05, 4.69) is 4.98 Å². The molecule has 4 rings (SSSR count). The van der Waals surface area contributed by atoms with Gasteiger partial charge in [-0.2, -0.15) is 4.21 Å². The van der Waals surface area contributed by atoms with Crippen molar-refractivity contribution in [2.45, 2.75) is 23.1 Å². The normalized spacial score (nSPS) is 12.8. The van der Waals surface area contributed by atoms with E-state index in [0.717, 1.165) is 17.0 Å². The fourth-order valence-electron chi connectivity index (χ4n) is 3.25. The highest BCUT2D eigenvalue weighted by molar-refractivity contribution is 8.13. The van der Waals surface area contributed by atoms with Gasteiger partial charge in [-0.05, 0) is 55.5 Å². The quantitative estimate of drug-likeness (QED) is 0.431. The molecule has 4 aromatic rings. The van der Waals surface area contributed by atoms with Crippen LogP contribution in [0.4, 0.5) is 0 Å². The number of hydrogen-bond donors (Lipinski definition) is 2. The number of hydrogen-bond acceptors (Lipinski definition) is 4. The molecule has 0 saturated carbocycles. The molecule has 0 aliphatic heterocycles. The molecule has 0 aliphatic rings. The zero-order valence-electron chi connectivity index (χ0n) is 17.1. The summed E-state index contributed by atoms with van der Waals surface area (Å²) in [6.07, 6.45) is 0.574. The summed E-state index contributed by atoms with van der Waals surface area (Å²) >= 11 is 0. The second-order valence-corrected chi connectivity index (χ2v) is 10.1. The van der Waals surface area contributed by atoms with Crippen molar-refractivity contribution in [2.24, 2.45) is 5.14 Å². The van der Waals surface area contributed by atoms with Gasteiger partial charge in [0, 0.05) is 12.0 Å². The van der Waals surface area contributed by atoms with Crippen molar-refractivity contribution in [3.05, 3.63) is 96.4 Å². The van der Waals surface area contributed by atoms with E-state index in [0.29, 0.717) is 24.7 Å². The Balaban J connectivity index is 1.42. The maximum Gasteiger partial charge on any atom is 0.226 e. The van der Waals surface area contributed by atoms with Crippen molar-refractivity contribution in [3.8, 4) is 17.2 Å². The van der Waals surface area contributed by atoms with Gasteiger partial charge in [0.05, 0.1) is 22.1 Å². The van der Waals surface area contributed by atoms with E-state index in [1.807, 2.05) is 37.3 Å². The first-order valence-corrected chi connectivity index (χ1v) is 11.8. The first-order chi connectivity index (χ1) is 14.8. The summed E-state index contributed by atoms with van der Waals surface area (Å²) in [6.45, 7) is 2.27. The lowest BCUT2D eigenvalue weighted by Crippen LogP contribution is -2.42. The van der Waals surface area contributed by atoms with E-state index in [9.17, 15) is 8.76 Å². The van der Waals surface area contributed by atoms with Gasteiger partial charge in [-0.25, -0.2) is 10.1 Å². The van der Waals surface area contributed by atoms with Gasteiger partial charge in [0.15, 0.2) is 0 Å². The Morgan fingerprint density at radius 3 is 2.16 bits per heavy atom. The fraction of sp³-hybridized carbons (Fsp3) is 0.125. The third kappa shape index (κ3) is 4.44. The summed E-state index contributed by atoms with van der Waals surface area (Å²) in [6, 6.07) is 24.3. The SMILES string of the molecule is Cc1oc(-c2ccccc2)nc1CCOc1ccc(S(N)(=O)(O)c2ccccc2)cc1. The van der Waals surface area contributed by atoms with Crippen LogP contribution in [0.25, 0.3) is 11.5 Å². The van der Waals surface area contributed by atoms with Crippen LogP contribution in [0.15, 0.2) is 99.1 Å². The highest BCUT2D eigenvalue weighted by Crippen LogP contribution is 2.35. The van der Waals surface area contributed by atoms with Gasteiger partial charge in [0.2, 0.25) is 5.89 Å². The molecule has 6 nitrogen and oxygen atoms in total. The van der Waals surface area contributed by atoms with Crippen LogP contribution in [0.3, 0.4) is 0 Å². The number of aromatic nitrogens is 1. The van der Waals surface area contributed by atoms with Crippen LogP contribution in [0.2, 0.25) is 0 Å². The second kappa shape index (κ2) is 8.11. The molecule has 31 heavy (non-hydrogen) atoms. The van der Waals surface area contributed by atoms with Crippen LogP contribution in [-0.4, -0.2) is 20.4 Å². The molecule has 0 amide bonds. The molecule has 0 radical (unpaired) electrons. The van der Waals surface area contributed by atoms with Crippen molar-refractivity contribution in [2.75, 3.05) is 6.61 Å². The van der Waals surface area contributed by atoms with Crippen LogP contribution in [-0.2, 0) is 16.0 Å². The Hall–Kier alpha value is -3.26. The van der Waals surface area contributed by atoms with E-state index < -0.39 is 9.53 Å². The number of nitrogens with two attached hydrogens (primary N) is 1. The average Bonchev–Trinajstić information content (AvgIpc) is 3.16. The maximum atomic E-state index is 13.1. The molecule has 0 unspecified atom stereocenters. The summed E-state index contributed by atoms with van der Waals surface area (Å²) in [5, 5.41) is 5.94. The van der Waals surface area contributed by atoms with Gasteiger partial charge < -0.3 is 9.15 Å². The maximum absolute atomic E-state index is 13.1. The van der Waals surface area contributed by atoms with E-state index in [4.69, 9.17) is 14.3 Å². The van der Waals surface area contributed by atoms with Gasteiger partial charge >= 0.3 is 0 Å². The summed E-state index contributed by atoms with van der Waals surface area (Å²) in [4.78, 5) is 4.87. The first kappa shape index (κ1) is 21.0. The zero-order valence-corrected chi connectivity index (χ0v) is 17.9. The Kier molecular flexibility index (Phi) is 5.49. The first-order valence-electron chi connectivity index (χ1n) is 9.84. The van der Waals surface area contributed by atoms with E-state index in [1.54, 1.807) is 42.5 Å². The van der Waals surface area contributed by atoms with Crippen molar-refractivity contribution in [1.29, 1.82) is 0 Å². The van der Waals surface area contributed by atoms with Gasteiger partial charge in [-0.15, -0.1) is 0 Å². The van der Waals surface area contributed by atoms with Crippen molar-refractivity contribution < 1.29 is 17.9 Å². The van der Waals surface area contributed by atoms with Gasteiger partial charge in [0.1, 0.15) is 11.5 Å². The number of aryl methyl sites for hydroxylation is 1. The second-order valence-electron chi connectivity index (χ2n) is 7.23. The number of nitrogens with zero attached hydrogens (tertiary/aromatic N) is 1. The summed E-state index contributed by atoms with van der Waals surface area (Å²) in [5.74, 6) is 1.92. The molecule has 1 heterocycles. The lowest BCUT2D eigenvalue weighted by molar-refractivity contribution is 0.319. The number of rotatable bonds is 7. The molecular formula is C24H24N2O4S. The van der Waals surface area contributed by atoms with Crippen LogP contribution < -0.4 is 9.88 Å². The third-order valence-corrected chi connectivity index (χ3v) is 7.37. The Morgan fingerprint density at radius 1 is 0.935 bits per heavy atom. The number of benzene rings is 3. The molecule has 3 aromatic carbocycles. The smallest absolute Gasteiger partial charge is 0.226 e. The molecule has 3 N–H and O–H groups in total. The van der Waals surface area contributed by atoms with E-state index in [1.165, 1.54) is 12.1 Å². The molecule has 0 fully saturated rings. The van der Waals surface area contributed by atoms with Crippen molar-refractivity contribution >= 4 is 9.53 Å². The molecule has 1 aromatic heterocycles. The molecular weight excluding hydrogens is 412 g/mol. The van der Waals surface area contributed by atoms with Crippen LogP contribution in [0, 0.1) is 6.92 Å². The molecule has 0 saturated heterocycles. The Bertz CT molecular complexity index is 1230. The number of ether oxygens (including phenoxy) is 1. The molecule has 0 aliphatic carbocycles. The predicted molar refractivity (Wildman–Crippen MR) is 120 cm³/mol. The largest absolute Gasteiger partial charge is 0.493 e. The minimum atomic E-state index is -4.63. The lowest BCUT2D eigenvalue weighted by Gasteiger charge is -2.38. The van der Waals surface area contributed by atoms with Gasteiger partial charge in [-0.3, -0.25) is 4.55 Å². The predicted octanol–water partition coefficient (Wildman–Crippen LogP) is 4.86. The van der Waals surface area contributed by atoms with Crippen LogP contribution >= 0.6 is 0 Å². The average molecular weight is 437 g/mol. The molecule has 0 atom stereocenters. The van der Waals surface area contributed by atoms with Crippen molar-refractivity contribution in [1.82, 2.24) is 4.98 Å². The van der Waals surface area contributed by atoms with Crippen LogP contribution in [0.1, 0.15) is 11.5 Å². The van der Waals surface area contributed by atoms with Gasteiger partial charge in [0.25, 0.3) is 0 Å². The molecule has 0 bridgehead atoms. The standard InChI is InChI=1S/C24H24N2O4S/c1-18-23(26-24(30-18)19-8-4-2-5-9-19)16-17-29-20-12-14-22(15-13-20)31(25,27,28)21-10-6-3-7-11-21/h2-15H,16-17H2,1H3,(H3,25,27,28). The highest BCUT2D eigenvalue weighted by atomic mass is 32.3. The molecule has 7 heteroatoms. The number of oxazole rings is 1. The lowest BCUT2D eigenvalue weighted by atomic mass is 10.2. The third-order valence-electron chi connectivity index (χ3n) is 5.00. The van der Waals surface area contributed by atoms with Crippen molar-refractivity contribution in [3.63, 3.8) is 0 Å². The monoisotopic (exact) mass is 436 g/mol. The van der Waals surface area contributed by atoms with Gasteiger partial charge in [-0.1, -0.05) is 45.9 Å². The zero-order chi connectivity index (χ0) is 21.9. The minimum absolute atomic E-state index is 0.135. The molecule has 0 spiro atoms. The van der Waals surface area contributed by atoms with E-state index >= 15 is 0 Å². The summed E-state index contributed by atoms with van der Waals surface area (Å²) in [7, 11) is -4.63.